The Balaban J connectivity index is 1.94. The number of aliphatic hydroxyl groups excluding tert-OH is 1. The second kappa shape index (κ2) is 6.24. The lowest BCUT2D eigenvalue weighted by Gasteiger charge is -2.23. The average molecular weight is 287 g/mol. The molecular weight excluding hydrogens is 266 g/mol. The third-order valence-corrected chi connectivity index (χ3v) is 4.03. The minimum Gasteiger partial charge on any atom is -0.391 e. The van der Waals surface area contributed by atoms with E-state index in [2.05, 4.69) is 20.7 Å². The van der Waals surface area contributed by atoms with Crippen LogP contribution in [0.15, 0.2) is 24.3 Å². The second-order valence-electron chi connectivity index (χ2n) is 5.51. The van der Waals surface area contributed by atoms with Gasteiger partial charge in [0.2, 0.25) is 5.95 Å². The molecule has 0 saturated heterocycles. The number of para-hydroxylation sites is 1. The molecule has 1 aromatic heterocycles. The maximum absolute atomic E-state index is 10.3. The first-order chi connectivity index (χ1) is 10.3. The van der Waals surface area contributed by atoms with Crippen molar-refractivity contribution in [2.75, 3.05) is 10.7 Å². The van der Waals surface area contributed by atoms with Gasteiger partial charge < -0.3 is 10.4 Å². The molecule has 5 N–H and O–H groups in total. The quantitative estimate of drug-likeness (QED) is 0.392. The highest BCUT2D eigenvalue weighted by Gasteiger charge is 2.22. The molecule has 0 aliphatic heterocycles. The predicted octanol–water partition coefficient (Wildman–Crippen LogP) is 2.02. The van der Waals surface area contributed by atoms with E-state index in [0.717, 1.165) is 42.4 Å². The van der Waals surface area contributed by atoms with E-state index in [9.17, 15) is 5.11 Å². The molecule has 6 heteroatoms. The lowest BCUT2D eigenvalue weighted by atomic mass is 10.1. The Kier molecular flexibility index (Phi) is 4.17. The molecule has 2 unspecified atom stereocenters. The molecular formula is C15H21N5O. The van der Waals surface area contributed by atoms with Crippen LogP contribution in [0.4, 0.5) is 11.8 Å². The van der Waals surface area contributed by atoms with E-state index >= 15 is 0 Å². The third-order valence-electron chi connectivity index (χ3n) is 4.03. The smallest absolute Gasteiger partial charge is 0.239 e. The SMILES string of the molecule is NNc1nc(NC2CCCCCC2O)c2ccccc2n1. The molecule has 6 nitrogen and oxygen atoms in total. The first kappa shape index (κ1) is 14.0. The van der Waals surface area contributed by atoms with Crippen molar-refractivity contribution in [2.24, 2.45) is 5.84 Å². The van der Waals surface area contributed by atoms with Crippen LogP contribution in [0.3, 0.4) is 0 Å². The molecule has 0 amide bonds. The van der Waals surface area contributed by atoms with Crippen molar-refractivity contribution in [1.29, 1.82) is 0 Å². The van der Waals surface area contributed by atoms with Gasteiger partial charge >= 0.3 is 0 Å². The van der Waals surface area contributed by atoms with Gasteiger partial charge in [-0.2, -0.15) is 4.98 Å². The number of nitrogen functional groups attached to an aromatic ring is 1. The van der Waals surface area contributed by atoms with Crippen LogP contribution < -0.4 is 16.6 Å². The number of nitrogens with zero attached hydrogens (tertiary/aromatic N) is 2. The van der Waals surface area contributed by atoms with Gasteiger partial charge in [0.1, 0.15) is 5.82 Å². The lowest BCUT2D eigenvalue weighted by Crippen LogP contribution is -2.33. The summed E-state index contributed by atoms with van der Waals surface area (Å²) in [6.07, 6.45) is 4.83. The number of nitrogens with one attached hydrogen (secondary N) is 2. The Labute approximate surface area is 123 Å². The number of fused-ring (bicyclic) bond motifs is 1. The summed E-state index contributed by atoms with van der Waals surface area (Å²) in [6.45, 7) is 0. The van der Waals surface area contributed by atoms with Crippen LogP contribution in [0, 0.1) is 0 Å². The summed E-state index contributed by atoms with van der Waals surface area (Å²) in [4.78, 5) is 8.74. The molecule has 1 fully saturated rings. The van der Waals surface area contributed by atoms with Crippen molar-refractivity contribution in [3.8, 4) is 0 Å². The number of hydrogen-bond acceptors (Lipinski definition) is 6. The average Bonchev–Trinajstić information content (AvgIpc) is 2.72. The van der Waals surface area contributed by atoms with Gasteiger partial charge in [0.15, 0.2) is 0 Å². The summed E-state index contributed by atoms with van der Waals surface area (Å²) in [5, 5.41) is 14.6. The van der Waals surface area contributed by atoms with Gasteiger partial charge in [0.25, 0.3) is 0 Å². The number of aliphatic hydroxyl groups is 1. The second-order valence-corrected chi connectivity index (χ2v) is 5.51. The van der Waals surface area contributed by atoms with Gasteiger partial charge in [-0.05, 0) is 25.0 Å². The van der Waals surface area contributed by atoms with E-state index in [1.54, 1.807) is 0 Å². The summed E-state index contributed by atoms with van der Waals surface area (Å²) >= 11 is 0. The first-order valence-corrected chi connectivity index (χ1v) is 7.46. The molecule has 1 aromatic carbocycles. The highest BCUT2D eigenvalue weighted by Crippen LogP contribution is 2.26. The van der Waals surface area contributed by atoms with E-state index < -0.39 is 0 Å². The van der Waals surface area contributed by atoms with Gasteiger partial charge in [0.05, 0.1) is 17.7 Å². The molecule has 112 valence electrons. The number of rotatable bonds is 3. The molecule has 0 bridgehead atoms. The molecule has 0 spiro atoms. The van der Waals surface area contributed by atoms with Crippen LogP contribution in [-0.2, 0) is 0 Å². The summed E-state index contributed by atoms with van der Waals surface area (Å²) in [6, 6.07) is 7.81. The monoisotopic (exact) mass is 287 g/mol. The number of anilines is 2. The number of hydrogen-bond donors (Lipinski definition) is 4. The van der Waals surface area contributed by atoms with Crippen molar-refractivity contribution >= 4 is 22.7 Å². The van der Waals surface area contributed by atoms with Gasteiger partial charge in [-0.15, -0.1) is 0 Å². The Morgan fingerprint density at radius 2 is 1.90 bits per heavy atom. The Bertz CT molecular complexity index is 618. The highest BCUT2D eigenvalue weighted by atomic mass is 16.3. The van der Waals surface area contributed by atoms with E-state index in [-0.39, 0.29) is 12.1 Å². The first-order valence-electron chi connectivity index (χ1n) is 7.46. The number of nitrogens with two attached hydrogens (primary N) is 1. The molecule has 0 radical (unpaired) electrons. The summed E-state index contributed by atoms with van der Waals surface area (Å²) in [5.41, 5.74) is 3.32. The van der Waals surface area contributed by atoms with Crippen LogP contribution in [0.2, 0.25) is 0 Å². The van der Waals surface area contributed by atoms with Gasteiger partial charge in [-0.25, -0.2) is 10.8 Å². The van der Waals surface area contributed by atoms with E-state index in [4.69, 9.17) is 5.84 Å². The molecule has 3 rings (SSSR count). The maximum atomic E-state index is 10.3. The van der Waals surface area contributed by atoms with Crippen LogP contribution in [0.25, 0.3) is 10.9 Å². The Morgan fingerprint density at radius 1 is 1.10 bits per heavy atom. The minimum absolute atomic E-state index is 0.0245. The van der Waals surface area contributed by atoms with Crippen LogP contribution in [0.1, 0.15) is 32.1 Å². The van der Waals surface area contributed by atoms with E-state index in [0.29, 0.717) is 5.95 Å². The summed E-state index contributed by atoms with van der Waals surface area (Å²) in [5.74, 6) is 6.54. The van der Waals surface area contributed by atoms with Crippen molar-refractivity contribution in [3.05, 3.63) is 24.3 Å². The zero-order valence-corrected chi connectivity index (χ0v) is 11.9. The zero-order valence-electron chi connectivity index (χ0n) is 11.9. The molecule has 1 saturated carbocycles. The summed E-state index contributed by atoms with van der Waals surface area (Å²) in [7, 11) is 0. The van der Waals surface area contributed by atoms with Gasteiger partial charge in [-0.1, -0.05) is 31.4 Å². The standard InChI is InChI=1S/C15H21N5O/c16-20-15-18-11-7-5-4-6-10(11)14(19-15)17-12-8-2-1-3-9-13(12)21/h4-7,12-13,21H,1-3,8-9,16H2,(H2,17,18,19,20). The van der Waals surface area contributed by atoms with Gasteiger partial charge in [-0.3, -0.25) is 5.43 Å². The number of benzene rings is 1. The fraction of sp³-hybridized carbons (Fsp3) is 0.467. The lowest BCUT2D eigenvalue weighted by molar-refractivity contribution is 0.144. The highest BCUT2D eigenvalue weighted by molar-refractivity contribution is 5.90. The Hall–Kier alpha value is -1.92. The molecule has 1 aliphatic rings. The number of aromatic nitrogens is 2. The topological polar surface area (TPSA) is 96.1 Å². The van der Waals surface area contributed by atoms with E-state index in [1.165, 1.54) is 6.42 Å². The maximum Gasteiger partial charge on any atom is 0.239 e. The molecule has 2 atom stereocenters. The third kappa shape index (κ3) is 3.06. The van der Waals surface area contributed by atoms with Crippen LogP contribution >= 0.6 is 0 Å². The molecule has 1 aliphatic carbocycles. The van der Waals surface area contributed by atoms with Gasteiger partial charge in [0, 0.05) is 5.39 Å². The minimum atomic E-state index is -0.337. The molecule has 2 aromatic rings. The normalized spacial score (nSPS) is 22.8. The van der Waals surface area contributed by atoms with Crippen molar-refractivity contribution in [2.45, 2.75) is 44.2 Å². The van der Waals surface area contributed by atoms with Crippen LogP contribution in [0.5, 0.6) is 0 Å². The zero-order chi connectivity index (χ0) is 14.7. The summed E-state index contributed by atoms with van der Waals surface area (Å²) < 4.78 is 0. The van der Waals surface area contributed by atoms with E-state index in [1.807, 2.05) is 24.3 Å². The largest absolute Gasteiger partial charge is 0.391 e. The van der Waals surface area contributed by atoms with Crippen molar-refractivity contribution in [1.82, 2.24) is 9.97 Å². The van der Waals surface area contributed by atoms with Crippen molar-refractivity contribution < 1.29 is 5.11 Å². The molecule has 1 heterocycles. The van der Waals surface area contributed by atoms with Crippen LogP contribution in [-0.4, -0.2) is 27.2 Å². The Morgan fingerprint density at radius 3 is 2.76 bits per heavy atom. The van der Waals surface area contributed by atoms with Crippen molar-refractivity contribution in [3.63, 3.8) is 0 Å². The fourth-order valence-corrected chi connectivity index (χ4v) is 2.88. The fourth-order valence-electron chi connectivity index (χ4n) is 2.88. The number of hydrazine groups is 1. The predicted molar refractivity (Wildman–Crippen MR) is 83.9 cm³/mol. The molecule has 21 heavy (non-hydrogen) atoms.